The highest BCUT2D eigenvalue weighted by molar-refractivity contribution is 6.09. The maximum Gasteiger partial charge on any atom is 0.260 e. The van der Waals surface area contributed by atoms with Crippen LogP contribution < -0.4 is 10.2 Å². The van der Waals surface area contributed by atoms with E-state index >= 15 is 0 Å². The minimum atomic E-state index is -0.0394. The average Bonchev–Trinajstić information content (AvgIpc) is 3.29. The van der Waals surface area contributed by atoms with Gasteiger partial charge in [-0.25, -0.2) is 4.98 Å². The summed E-state index contributed by atoms with van der Waals surface area (Å²) in [5.74, 6) is 2.26. The van der Waals surface area contributed by atoms with Gasteiger partial charge in [0.1, 0.15) is 17.3 Å². The van der Waals surface area contributed by atoms with E-state index in [1.807, 2.05) is 38.2 Å². The SMILES string of the molecule is CNCc1nc(C)cc2c1CN(c1cccc(-c3nnc4n3CCN(C)C4)n1)C2=O. The van der Waals surface area contributed by atoms with Crippen molar-refractivity contribution in [3.05, 3.63) is 52.6 Å². The van der Waals surface area contributed by atoms with Crippen LogP contribution in [0.25, 0.3) is 11.5 Å². The molecule has 1 amide bonds. The molecule has 0 unspecified atom stereocenters. The zero-order chi connectivity index (χ0) is 20.8. The van der Waals surface area contributed by atoms with Crippen molar-refractivity contribution in [2.45, 2.75) is 33.1 Å². The Balaban J connectivity index is 1.50. The lowest BCUT2D eigenvalue weighted by Gasteiger charge is -2.23. The van der Waals surface area contributed by atoms with Crippen LogP contribution in [-0.4, -0.2) is 56.2 Å². The van der Waals surface area contributed by atoms with Gasteiger partial charge in [0.15, 0.2) is 5.82 Å². The Morgan fingerprint density at radius 3 is 2.83 bits per heavy atom. The first-order valence-electron chi connectivity index (χ1n) is 10.1. The maximum atomic E-state index is 13.2. The summed E-state index contributed by atoms with van der Waals surface area (Å²) in [6, 6.07) is 7.58. The number of hydrogen-bond acceptors (Lipinski definition) is 7. The molecular formula is C21H24N8O. The smallest absolute Gasteiger partial charge is 0.260 e. The second-order valence-electron chi connectivity index (χ2n) is 7.87. The minimum Gasteiger partial charge on any atom is -0.314 e. The summed E-state index contributed by atoms with van der Waals surface area (Å²) in [6.07, 6.45) is 0. The second kappa shape index (κ2) is 7.26. The minimum absolute atomic E-state index is 0.0394. The van der Waals surface area contributed by atoms with E-state index < -0.39 is 0 Å². The van der Waals surface area contributed by atoms with E-state index in [4.69, 9.17) is 4.98 Å². The molecule has 0 spiro atoms. The summed E-state index contributed by atoms with van der Waals surface area (Å²) in [6.45, 7) is 5.55. The molecule has 3 aromatic heterocycles. The second-order valence-corrected chi connectivity index (χ2v) is 7.87. The van der Waals surface area contributed by atoms with Gasteiger partial charge in [-0.1, -0.05) is 6.07 Å². The van der Waals surface area contributed by atoms with Crippen molar-refractivity contribution >= 4 is 11.7 Å². The van der Waals surface area contributed by atoms with Crippen LogP contribution in [0.5, 0.6) is 0 Å². The average molecular weight is 404 g/mol. The van der Waals surface area contributed by atoms with E-state index in [1.54, 1.807) is 4.90 Å². The Morgan fingerprint density at radius 1 is 1.13 bits per heavy atom. The Hall–Kier alpha value is -3.17. The lowest BCUT2D eigenvalue weighted by Crippen LogP contribution is -2.30. The van der Waals surface area contributed by atoms with Crippen LogP contribution in [0.3, 0.4) is 0 Å². The van der Waals surface area contributed by atoms with E-state index in [0.717, 1.165) is 53.9 Å². The molecule has 0 fully saturated rings. The van der Waals surface area contributed by atoms with Gasteiger partial charge >= 0.3 is 0 Å². The van der Waals surface area contributed by atoms with Crippen LogP contribution in [0.1, 0.15) is 33.1 Å². The fourth-order valence-electron chi connectivity index (χ4n) is 4.17. The quantitative estimate of drug-likeness (QED) is 0.702. The summed E-state index contributed by atoms with van der Waals surface area (Å²) in [7, 11) is 3.96. The third-order valence-electron chi connectivity index (χ3n) is 5.66. The molecule has 0 saturated heterocycles. The third kappa shape index (κ3) is 3.06. The first-order valence-corrected chi connectivity index (χ1v) is 10.1. The topological polar surface area (TPSA) is 92.1 Å². The van der Waals surface area contributed by atoms with E-state index in [0.29, 0.717) is 24.5 Å². The number of nitrogens with zero attached hydrogens (tertiary/aromatic N) is 7. The molecule has 0 bridgehead atoms. The number of carbonyl (C=O) groups is 1. The number of nitrogens with one attached hydrogen (secondary N) is 1. The normalized spacial score (nSPS) is 16.1. The zero-order valence-corrected chi connectivity index (χ0v) is 17.4. The molecule has 1 N–H and O–H groups in total. The largest absolute Gasteiger partial charge is 0.314 e. The molecule has 0 radical (unpaired) electrons. The molecule has 0 atom stereocenters. The summed E-state index contributed by atoms with van der Waals surface area (Å²) in [5, 5.41) is 11.9. The number of rotatable bonds is 4. The van der Waals surface area contributed by atoms with Crippen LogP contribution in [0.2, 0.25) is 0 Å². The van der Waals surface area contributed by atoms with Gasteiger partial charge in [0.05, 0.1) is 18.8 Å². The van der Waals surface area contributed by atoms with Crippen LogP contribution in [0, 0.1) is 6.92 Å². The van der Waals surface area contributed by atoms with E-state index in [2.05, 4.69) is 37.0 Å². The standard InChI is InChI=1S/C21H24N8O/c1-13-9-14-15(17(23-13)10-22-2)11-29(21(14)30)18-6-4-5-16(24-18)20-26-25-19-12-27(3)7-8-28(19)20/h4-6,9,22H,7-8,10-12H2,1-3H3. The number of aromatic nitrogens is 5. The molecular weight excluding hydrogens is 380 g/mol. The number of hydrogen-bond donors (Lipinski definition) is 1. The van der Waals surface area contributed by atoms with Gasteiger partial charge in [-0.15, -0.1) is 10.2 Å². The molecule has 9 heteroatoms. The van der Waals surface area contributed by atoms with Gasteiger partial charge in [0, 0.05) is 36.5 Å². The first kappa shape index (κ1) is 18.8. The first-order chi connectivity index (χ1) is 14.5. The molecule has 154 valence electrons. The van der Waals surface area contributed by atoms with Crippen LogP contribution >= 0.6 is 0 Å². The molecule has 2 aliphatic rings. The zero-order valence-electron chi connectivity index (χ0n) is 17.4. The molecule has 2 aliphatic heterocycles. The van der Waals surface area contributed by atoms with Crippen molar-refractivity contribution in [2.24, 2.45) is 0 Å². The van der Waals surface area contributed by atoms with Crippen molar-refractivity contribution in [3.63, 3.8) is 0 Å². The molecule has 30 heavy (non-hydrogen) atoms. The highest BCUT2D eigenvalue weighted by atomic mass is 16.2. The van der Waals surface area contributed by atoms with Gasteiger partial charge in [0.25, 0.3) is 5.91 Å². The summed E-state index contributed by atoms with van der Waals surface area (Å²) in [4.78, 5) is 26.5. The summed E-state index contributed by atoms with van der Waals surface area (Å²) < 4.78 is 2.12. The highest BCUT2D eigenvalue weighted by Crippen LogP contribution is 2.31. The molecule has 5 heterocycles. The number of likely N-dealkylation sites (N-methyl/N-ethyl adjacent to an activating group) is 1. The van der Waals surface area contributed by atoms with Gasteiger partial charge in [-0.05, 0) is 39.2 Å². The van der Waals surface area contributed by atoms with Crippen LogP contribution in [0.15, 0.2) is 24.3 Å². The monoisotopic (exact) mass is 404 g/mol. The lowest BCUT2D eigenvalue weighted by molar-refractivity contribution is 0.0996. The Morgan fingerprint density at radius 2 is 2.00 bits per heavy atom. The molecule has 3 aromatic rings. The van der Waals surface area contributed by atoms with Crippen molar-refractivity contribution < 1.29 is 4.79 Å². The lowest BCUT2D eigenvalue weighted by atomic mass is 10.1. The fraction of sp³-hybridized carbons (Fsp3) is 0.381. The highest BCUT2D eigenvalue weighted by Gasteiger charge is 2.32. The number of fused-ring (bicyclic) bond motifs is 2. The number of amides is 1. The Kier molecular flexibility index (Phi) is 4.56. The van der Waals surface area contributed by atoms with E-state index in [-0.39, 0.29) is 5.91 Å². The summed E-state index contributed by atoms with van der Waals surface area (Å²) >= 11 is 0. The third-order valence-corrected chi connectivity index (χ3v) is 5.66. The Labute approximate surface area is 174 Å². The van der Waals surface area contributed by atoms with Crippen LogP contribution in [0.4, 0.5) is 5.82 Å². The number of anilines is 1. The van der Waals surface area contributed by atoms with E-state index in [9.17, 15) is 4.79 Å². The van der Waals surface area contributed by atoms with E-state index in [1.165, 1.54) is 0 Å². The summed E-state index contributed by atoms with van der Waals surface area (Å²) in [5.41, 5.74) is 4.16. The van der Waals surface area contributed by atoms with Crippen molar-refractivity contribution in [2.75, 3.05) is 25.5 Å². The molecule has 0 saturated carbocycles. The fourth-order valence-corrected chi connectivity index (χ4v) is 4.17. The predicted molar refractivity (Wildman–Crippen MR) is 112 cm³/mol. The van der Waals surface area contributed by atoms with Gasteiger partial charge in [0.2, 0.25) is 0 Å². The Bertz CT molecular complexity index is 1140. The molecule has 0 aliphatic carbocycles. The van der Waals surface area contributed by atoms with Crippen molar-refractivity contribution in [1.29, 1.82) is 0 Å². The number of aryl methyl sites for hydroxylation is 1. The molecule has 9 nitrogen and oxygen atoms in total. The van der Waals surface area contributed by atoms with Gasteiger partial charge in [-0.2, -0.15) is 0 Å². The van der Waals surface area contributed by atoms with Crippen LogP contribution in [-0.2, 0) is 26.2 Å². The maximum absolute atomic E-state index is 13.2. The predicted octanol–water partition coefficient (Wildman–Crippen LogP) is 1.37. The van der Waals surface area contributed by atoms with Crippen molar-refractivity contribution in [1.82, 2.24) is 34.9 Å². The van der Waals surface area contributed by atoms with Crippen molar-refractivity contribution in [3.8, 4) is 11.5 Å². The number of carbonyl (C=O) groups excluding carboxylic acids is 1. The van der Waals surface area contributed by atoms with Gasteiger partial charge in [-0.3, -0.25) is 19.6 Å². The van der Waals surface area contributed by atoms with Gasteiger partial charge < -0.3 is 9.88 Å². The molecule has 0 aromatic carbocycles. The molecule has 5 rings (SSSR count). The number of pyridine rings is 2.